The quantitative estimate of drug-likeness (QED) is 0.794. The third kappa shape index (κ3) is 3.56. The van der Waals surface area contributed by atoms with Crippen LogP contribution in [-0.2, 0) is 11.3 Å². The maximum absolute atomic E-state index is 5.87. The minimum absolute atomic E-state index is 0.318. The van der Waals surface area contributed by atoms with E-state index in [4.69, 9.17) is 4.74 Å². The molecule has 18 heavy (non-hydrogen) atoms. The molecular formula is C15H22BrNO. The minimum Gasteiger partial charge on any atom is -0.372 e. The first kappa shape index (κ1) is 14.0. The van der Waals surface area contributed by atoms with Crippen LogP contribution in [0.1, 0.15) is 23.6 Å². The average Bonchev–Trinajstić information content (AvgIpc) is 2.33. The van der Waals surface area contributed by atoms with Crippen LogP contribution in [0.25, 0.3) is 0 Å². The van der Waals surface area contributed by atoms with Gasteiger partial charge in [0.1, 0.15) is 0 Å². The first-order valence-electron chi connectivity index (χ1n) is 6.58. The van der Waals surface area contributed by atoms with E-state index in [0.29, 0.717) is 12.2 Å². The van der Waals surface area contributed by atoms with Gasteiger partial charge in [0.05, 0.1) is 12.2 Å². The van der Waals surface area contributed by atoms with Crippen molar-refractivity contribution in [3.63, 3.8) is 0 Å². The Morgan fingerprint density at radius 2 is 2.11 bits per heavy atom. The molecule has 3 heteroatoms. The molecule has 0 spiro atoms. The number of hydrogen-bond acceptors (Lipinski definition) is 2. The molecule has 100 valence electrons. The van der Waals surface area contributed by atoms with Crippen molar-refractivity contribution in [3.8, 4) is 0 Å². The van der Waals surface area contributed by atoms with E-state index in [1.807, 2.05) is 0 Å². The third-order valence-electron chi connectivity index (χ3n) is 3.47. The van der Waals surface area contributed by atoms with Gasteiger partial charge in [0, 0.05) is 25.0 Å². The molecule has 2 nitrogen and oxygen atoms in total. The number of halogens is 1. The highest BCUT2D eigenvalue weighted by Crippen LogP contribution is 2.18. The van der Waals surface area contributed by atoms with E-state index in [-0.39, 0.29) is 0 Å². The van der Waals surface area contributed by atoms with E-state index >= 15 is 0 Å². The largest absolute Gasteiger partial charge is 0.372 e. The predicted molar refractivity (Wildman–Crippen MR) is 79.3 cm³/mol. The molecule has 2 atom stereocenters. The molecule has 2 unspecified atom stereocenters. The molecule has 0 amide bonds. The van der Waals surface area contributed by atoms with Crippen molar-refractivity contribution in [1.82, 2.24) is 4.90 Å². The first-order chi connectivity index (χ1) is 8.58. The summed E-state index contributed by atoms with van der Waals surface area (Å²) in [4.78, 5) is 2.50. The lowest BCUT2D eigenvalue weighted by Crippen LogP contribution is -2.46. The number of rotatable bonds is 3. The summed E-state index contributed by atoms with van der Waals surface area (Å²) in [6, 6.07) is 6.71. The summed E-state index contributed by atoms with van der Waals surface area (Å²) < 4.78 is 5.87. The van der Waals surface area contributed by atoms with Crippen molar-refractivity contribution >= 4 is 15.9 Å². The SMILES string of the molecule is Cc1ccc(C)c(CN2CC(C)OC(CBr)C2)c1. The molecule has 1 aromatic rings. The zero-order valence-electron chi connectivity index (χ0n) is 11.4. The van der Waals surface area contributed by atoms with Crippen molar-refractivity contribution in [2.75, 3.05) is 18.4 Å². The second-order valence-electron chi connectivity index (χ2n) is 5.35. The number of morpholine rings is 1. The zero-order chi connectivity index (χ0) is 13.1. The Morgan fingerprint density at radius 3 is 2.83 bits per heavy atom. The van der Waals surface area contributed by atoms with Crippen LogP contribution in [0.15, 0.2) is 18.2 Å². The summed E-state index contributed by atoms with van der Waals surface area (Å²) >= 11 is 3.53. The van der Waals surface area contributed by atoms with Gasteiger partial charge in [-0.3, -0.25) is 4.90 Å². The van der Waals surface area contributed by atoms with Crippen LogP contribution in [0, 0.1) is 13.8 Å². The summed E-state index contributed by atoms with van der Waals surface area (Å²) in [6.07, 6.45) is 0.644. The molecule has 0 aliphatic carbocycles. The van der Waals surface area contributed by atoms with Gasteiger partial charge in [-0.25, -0.2) is 0 Å². The first-order valence-corrected chi connectivity index (χ1v) is 7.70. The monoisotopic (exact) mass is 311 g/mol. The summed E-state index contributed by atoms with van der Waals surface area (Å²) in [5.41, 5.74) is 4.17. The molecular weight excluding hydrogens is 290 g/mol. The van der Waals surface area contributed by atoms with Gasteiger partial charge >= 0.3 is 0 Å². The Labute approximate surface area is 118 Å². The van der Waals surface area contributed by atoms with Crippen molar-refractivity contribution in [3.05, 3.63) is 34.9 Å². The van der Waals surface area contributed by atoms with Crippen molar-refractivity contribution in [2.24, 2.45) is 0 Å². The second kappa shape index (κ2) is 6.18. The predicted octanol–water partition coefficient (Wildman–Crippen LogP) is 3.29. The van der Waals surface area contributed by atoms with Gasteiger partial charge in [-0.1, -0.05) is 39.7 Å². The normalized spacial score (nSPS) is 25.3. The fourth-order valence-electron chi connectivity index (χ4n) is 2.57. The fourth-order valence-corrected chi connectivity index (χ4v) is 2.92. The van der Waals surface area contributed by atoms with Crippen LogP contribution in [0.3, 0.4) is 0 Å². The third-order valence-corrected chi connectivity index (χ3v) is 4.19. The van der Waals surface area contributed by atoms with Gasteiger partial charge in [-0.05, 0) is 31.9 Å². The van der Waals surface area contributed by atoms with Gasteiger partial charge in [0.15, 0.2) is 0 Å². The van der Waals surface area contributed by atoms with Gasteiger partial charge in [-0.2, -0.15) is 0 Å². The van der Waals surface area contributed by atoms with Gasteiger partial charge in [-0.15, -0.1) is 0 Å². The highest BCUT2D eigenvalue weighted by molar-refractivity contribution is 9.09. The van der Waals surface area contributed by atoms with Crippen LogP contribution in [0.2, 0.25) is 0 Å². The number of aryl methyl sites for hydroxylation is 2. The Balaban J connectivity index is 2.06. The molecule has 1 heterocycles. The number of benzene rings is 1. The average molecular weight is 312 g/mol. The summed E-state index contributed by atoms with van der Waals surface area (Å²) in [5, 5.41) is 0.917. The van der Waals surface area contributed by atoms with E-state index in [9.17, 15) is 0 Å². The van der Waals surface area contributed by atoms with E-state index in [1.165, 1.54) is 16.7 Å². The molecule has 1 fully saturated rings. The Kier molecular flexibility index (Phi) is 4.82. The summed E-state index contributed by atoms with van der Waals surface area (Å²) in [7, 11) is 0. The lowest BCUT2D eigenvalue weighted by molar-refractivity contribution is -0.0678. The molecule has 1 saturated heterocycles. The zero-order valence-corrected chi connectivity index (χ0v) is 13.0. The molecule has 0 bridgehead atoms. The van der Waals surface area contributed by atoms with Gasteiger partial charge < -0.3 is 4.74 Å². The number of ether oxygens (including phenoxy) is 1. The maximum Gasteiger partial charge on any atom is 0.0802 e. The molecule has 0 saturated carbocycles. The molecule has 0 aromatic heterocycles. The van der Waals surface area contributed by atoms with Crippen LogP contribution in [0.5, 0.6) is 0 Å². The van der Waals surface area contributed by atoms with Crippen LogP contribution in [-0.4, -0.2) is 35.5 Å². The Morgan fingerprint density at radius 1 is 1.33 bits per heavy atom. The van der Waals surface area contributed by atoms with Crippen LogP contribution < -0.4 is 0 Å². The van der Waals surface area contributed by atoms with Crippen LogP contribution >= 0.6 is 15.9 Å². The molecule has 0 radical (unpaired) electrons. The fraction of sp³-hybridized carbons (Fsp3) is 0.600. The summed E-state index contributed by atoms with van der Waals surface area (Å²) in [5.74, 6) is 0. The highest BCUT2D eigenvalue weighted by Gasteiger charge is 2.24. The van der Waals surface area contributed by atoms with Crippen LogP contribution in [0.4, 0.5) is 0 Å². The molecule has 2 rings (SSSR count). The highest BCUT2D eigenvalue weighted by atomic mass is 79.9. The van der Waals surface area contributed by atoms with Gasteiger partial charge in [0.2, 0.25) is 0 Å². The standard InChI is InChI=1S/C15H22BrNO/c1-11-4-5-12(2)14(6-11)9-17-8-13(3)18-15(7-16)10-17/h4-6,13,15H,7-10H2,1-3H3. The summed E-state index contributed by atoms with van der Waals surface area (Å²) in [6.45, 7) is 9.59. The van der Waals surface area contributed by atoms with Crippen molar-refractivity contribution in [2.45, 2.75) is 39.5 Å². The number of hydrogen-bond donors (Lipinski definition) is 0. The van der Waals surface area contributed by atoms with E-state index in [2.05, 4.69) is 59.8 Å². The molecule has 1 aliphatic heterocycles. The van der Waals surface area contributed by atoms with Crippen molar-refractivity contribution in [1.29, 1.82) is 0 Å². The lowest BCUT2D eigenvalue weighted by Gasteiger charge is -2.36. The van der Waals surface area contributed by atoms with Crippen molar-refractivity contribution < 1.29 is 4.74 Å². The minimum atomic E-state index is 0.318. The Hall–Kier alpha value is -0.380. The number of alkyl halides is 1. The number of nitrogens with zero attached hydrogens (tertiary/aromatic N) is 1. The smallest absolute Gasteiger partial charge is 0.0802 e. The van der Waals surface area contributed by atoms with E-state index in [1.54, 1.807) is 0 Å². The van der Waals surface area contributed by atoms with Gasteiger partial charge in [0.25, 0.3) is 0 Å². The maximum atomic E-state index is 5.87. The lowest BCUT2D eigenvalue weighted by atomic mass is 10.0. The van der Waals surface area contributed by atoms with E-state index < -0.39 is 0 Å². The second-order valence-corrected chi connectivity index (χ2v) is 5.99. The molecule has 0 N–H and O–H groups in total. The van der Waals surface area contributed by atoms with E-state index in [0.717, 1.165) is 25.0 Å². The Bertz CT molecular complexity index is 407. The molecule has 1 aliphatic rings. The topological polar surface area (TPSA) is 12.5 Å². The molecule has 1 aromatic carbocycles.